The quantitative estimate of drug-likeness (QED) is 0.316. The van der Waals surface area contributed by atoms with Crippen LogP contribution >= 0.6 is 12.4 Å². The van der Waals surface area contributed by atoms with Crippen LogP contribution in [0.15, 0.2) is 29.1 Å². The van der Waals surface area contributed by atoms with Crippen LogP contribution in [-0.2, 0) is 29.1 Å². The maximum atomic E-state index is 13.3. The molecular weight excluding hydrogens is 632 g/mol. The number of hydrogen-bond donors (Lipinski definition) is 1. The van der Waals surface area contributed by atoms with Gasteiger partial charge in [-0.25, -0.2) is 14.6 Å². The molecule has 4 aliphatic rings. The average molecular weight is 677 g/mol. The molecule has 0 unspecified atom stereocenters. The van der Waals surface area contributed by atoms with E-state index in [9.17, 15) is 19.5 Å². The van der Waals surface area contributed by atoms with Crippen LogP contribution in [0, 0.1) is 5.92 Å². The average Bonchev–Trinajstić information content (AvgIpc) is 3.40. The van der Waals surface area contributed by atoms with Gasteiger partial charge in [0.25, 0.3) is 5.56 Å². The van der Waals surface area contributed by atoms with Gasteiger partial charge in [-0.15, -0.1) is 12.4 Å². The Morgan fingerprint density at radius 3 is 2.36 bits per heavy atom. The lowest BCUT2D eigenvalue weighted by molar-refractivity contribution is -0.157. The lowest BCUT2D eigenvalue weighted by atomic mass is 9.92. The monoisotopic (exact) mass is 676 g/mol. The lowest BCUT2D eigenvalue weighted by Gasteiger charge is -2.41. The fourth-order valence-corrected chi connectivity index (χ4v) is 7.46. The van der Waals surface area contributed by atoms with Crippen molar-refractivity contribution >= 4 is 35.4 Å². The van der Waals surface area contributed by atoms with E-state index in [0.29, 0.717) is 54.8 Å². The number of benzene rings is 1. The SMILES string of the molecule is CCc1c2c(nc3ccc(OC(=O)N4CCC(N5CCC(CC)CC5)CC4)cc13)-c1cc3c(c(=O)n1C2)COC(=O)[C@H]3O.Cl.O.O.O. The summed E-state index contributed by atoms with van der Waals surface area (Å²) in [4.78, 5) is 47.8. The Morgan fingerprint density at radius 2 is 1.70 bits per heavy atom. The Kier molecular flexibility index (Phi) is 12.2. The molecule has 258 valence electrons. The van der Waals surface area contributed by atoms with Gasteiger partial charge in [-0.05, 0) is 80.9 Å². The number of cyclic esters (lactones) is 1. The number of aromatic nitrogens is 2. The third-order valence-corrected chi connectivity index (χ3v) is 10.1. The molecule has 2 aromatic heterocycles. The van der Waals surface area contributed by atoms with Crippen LogP contribution in [0.4, 0.5) is 4.79 Å². The zero-order valence-corrected chi connectivity index (χ0v) is 27.5. The zero-order valence-electron chi connectivity index (χ0n) is 26.7. The van der Waals surface area contributed by atoms with Crippen LogP contribution < -0.4 is 10.3 Å². The second-order valence-corrected chi connectivity index (χ2v) is 12.3. The van der Waals surface area contributed by atoms with Crippen LogP contribution in [0.25, 0.3) is 22.3 Å². The summed E-state index contributed by atoms with van der Waals surface area (Å²) in [5.74, 6) is 0.575. The normalized spacial score (nSPS) is 19.2. The number of aryl methyl sites for hydroxylation is 1. The number of amides is 1. The molecule has 14 heteroatoms. The molecule has 7 rings (SSSR count). The number of nitrogens with zero attached hydrogens (tertiary/aromatic N) is 4. The van der Waals surface area contributed by atoms with Crippen LogP contribution in [0.5, 0.6) is 5.75 Å². The molecule has 4 aliphatic heterocycles. The molecule has 6 heterocycles. The predicted octanol–water partition coefficient (Wildman–Crippen LogP) is 2.11. The van der Waals surface area contributed by atoms with Gasteiger partial charge in [-0.3, -0.25) is 4.79 Å². The molecule has 1 atom stereocenters. The fourth-order valence-electron chi connectivity index (χ4n) is 7.46. The number of aliphatic hydroxyl groups is 1. The Hall–Kier alpha value is -3.59. The molecule has 0 radical (unpaired) electrons. The number of rotatable bonds is 4. The largest absolute Gasteiger partial charge is 0.458 e. The zero-order chi connectivity index (χ0) is 29.8. The van der Waals surface area contributed by atoms with E-state index >= 15 is 0 Å². The second kappa shape index (κ2) is 15.1. The first-order valence-corrected chi connectivity index (χ1v) is 15.6. The molecule has 13 nitrogen and oxygen atoms in total. The number of carbonyl (C=O) groups is 2. The van der Waals surface area contributed by atoms with Crippen LogP contribution in [0.2, 0.25) is 0 Å². The number of pyridine rings is 2. The van der Waals surface area contributed by atoms with Crippen molar-refractivity contribution in [2.24, 2.45) is 5.92 Å². The van der Waals surface area contributed by atoms with Crippen LogP contribution in [0.3, 0.4) is 0 Å². The summed E-state index contributed by atoms with van der Waals surface area (Å²) < 4.78 is 12.5. The van der Waals surface area contributed by atoms with E-state index in [1.165, 1.54) is 32.4 Å². The third kappa shape index (κ3) is 6.60. The number of ether oxygens (including phenoxy) is 2. The van der Waals surface area contributed by atoms with E-state index in [4.69, 9.17) is 14.5 Å². The number of hydrogen-bond acceptors (Lipinski definition) is 8. The third-order valence-electron chi connectivity index (χ3n) is 10.1. The number of aliphatic hydroxyl groups excluding tert-OH is 1. The number of fused-ring (bicyclic) bond motifs is 5. The molecule has 2 saturated heterocycles. The highest BCUT2D eigenvalue weighted by atomic mass is 35.5. The van der Waals surface area contributed by atoms with Crippen molar-refractivity contribution in [1.29, 1.82) is 0 Å². The summed E-state index contributed by atoms with van der Waals surface area (Å²) in [6.45, 7) is 8.25. The van der Waals surface area contributed by atoms with E-state index in [1.807, 2.05) is 17.0 Å². The van der Waals surface area contributed by atoms with E-state index in [-0.39, 0.29) is 52.7 Å². The minimum Gasteiger partial charge on any atom is -0.458 e. The number of likely N-dealkylation sites (tertiary alicyclic amines) is 2. The minimum atomic E-state index is -1.49. The lowest BCUT2D eigenvalue weighted by Crippen LogP contribution is -2.49. The van der Waals surface area contributed by atoms with Crippen molar-refractivity contribution in [1.82, 2.24) is 19.4 Å². The van der Waals surface area contributed by atoms with Gasteiger partial charge in [0.1, 0.15) is 12.4 Å². The van der Waals surface area contributed by atoms with Crippen molar-refractivity contribution in [3.05, 3.63) is 56.9 Å². The Morgan fingerprint density at radius 1 is 1.00 bits per heavy atom. The molecule has 1 aromatic carbocycles. The first-order valence-electron chi connectivity index (χ1n) is 15.6. The summed E-state index contributed by atoms with van der Waals surface area (Å²) in [7, 11) is 0. The Labute approximate surface area is 278 Å². The van der Waals surface area contributed by atoms with Crippen molar-refractivity contribution in [3.8, 4) is 17.1 Å². The minimum absolute atomic E-state index is 0. The number of carbonyl (C=O) groups excluding carboxylic acids is 2. The Balaban J connectivity index is 0.00000150. The maximum Gasteiger partial charge on any atom is 0.415 e. The highest BCUT2D eigenvalue weighted by Gasteiger charge is 2.35. The van der Waals surface area contributed by atoms with Crippen molar-refractivity contribution < 1.29 is 40.6 Å². The summed E-state index contributed by atoms with van der Waals surface area (Å²) >= 11 is 0. The van der Waals surface area contributed by atoms with Crippen molar-refractivity contribution in [3.63, 3.8) is 0 Å². The molecule has 3 aromatic rings. The van der Waals surface area contributed by atoms with Gasteiger partial charge in [0.2, 0.25) is 0 Å². The van der Waals surface area contributed by atoms with Crippen LogP contribution in [-0.4, -0.2) is 85.2 Å². The highest BCUT2D eigenvalue weighted by Crippen LogP contribution is 2.39. The van der Waals surface area contributed by atoms with E-state index in [0.717, 1.165) is 40.8 Å². The van der Waals surface area contributed by atoms with Gasteiger partial charge in [0.15, 0.2) is 6.10 Å². The van der Waals surface area contributed by atoms with E-state index in [1.54, 1.807) is 16.7 Å². The molecule has 0 saturated carbocycles. The van der Waals surface area contributed by atoms with Crippen molar-refractivity contribution in [2.45, 2.75) is 77.7 Å². The first-order chi connectivity index (χ1) is 20.9. The molecule has 2 fully saturated rings. The van der Waals surface area contributed by atoms with Gasteiger partial charge in [0, 0.05) is 35.6 Å². The van der Waals surface area contributed by atoms with Gasteiger partial charge >= 0.3 is 12.1 Å². The standard InChI is InChI=1S/C33H38N4O6.ClH.3H2O/c1-3-19-7-11-35(12-8-19)20-9-13-36(14-10-20)33(41)43-21-5-6-27-23(15-21)22(4-2)25-17-37-28(29(25)34-27)16-24-26(31(37)39)18-42-32(40)30(24)38;;;;/h5-6,15-16,19-20,30,38H,3-4,7-14,17-18H2,1-2H3;1H;3*1H2/t30-;;;;/m0..../s1. The van der Waals surface area contributed by atoms with E-state index in [2.05, 4.69) is 18.7 Å². The first kappa shape index (κ1) is 37.9. The smallest absolute Gasteiger partial charge is 0.415 e. The number of esters is 1. The molecular formula is C33H45ClN4O9. The summed E-state index contributed by atoms with van der Waals surface area (Å²) in [5.41, 5.74) is 4.22. The maximum absolute atomic E-state index is 13.3. The van der Waals surface area contributed by atoms with E-state index < -0.39 is 12.1 Å². The van der Waals surface area contributed by atoms with Gasteiger partial charge in [-0.2, -0.15) is 0 Å². The van der Waals surface area contributed by atoms with Crippen LogP contribution in [0.1, 0.15) is 74.3 Å². The molecule has 7 N–H and O–H groups in total. The highest BCUT2D eigenvalue weighted by molar-refractivity contribution is 5.90. The van der Waals surface area contributed by atoms with Gasteiger partial charge in [0.05, 0.1) is 29.0 Å². The topological polar surface area (TPSA) is 209 Å². The second-order valence-electron chi connectivity index (χ2n) is 12.3. The molecule has 0 spiro atoms. The number of piperidine rings is 2. The fraction of sp³-hybridized carbons (Fsp3) is 0.515. The summed E-state index contributed by atoms with van der Waals surface area (Å²) in [5, 5.41) is 11.3. The molecule has 0 bridgehead atoms. The Bertz CT molecular complexity index is 1680. The van der Waals surface area contributed by atoms with Gasteiger partial charge in [-0.1, -0.05) is 20.3 Å². The molecule has 47 heavy (non-hydrogen) atoms. The van der Waals surface area contributed by atoms with Gasteiger partial charge < -0.3 is 45.4 Å². The summed E-state index contributed by atoms with van der Waals surface area (Å²) in [6.07, 6.45) is 4.65. The molecule has 0 aliphatic carbocycles. The predicted molar refractivity (Wildman–Crippen MR) is 178 cm³/mol. The number of halogens is 1. The molecule has 1 amide bonds. The summed E-state index contributed by atoms with van der Waals surface area (Å²) in [6, 6.07) is 7.71. The van der Waals surface area contributed by atoms with Crippen molar-refractivity contribution in [2.75, 3.05) is 26.2 Å².